The van der Waals surface area contributed by atoms with E-state index in [0.29, 0.717) is 12.2 Å². The zero-order chi connectivity index (χ0) is 24.3. The molecule has 0 bridgehead atoms. The molecule has 1 aliphatic heterocycles. The first-order chi connectivity index (χ1) is 15.3. The van der Waals surface area contributed by atoms with Crippen LogP contribution in [0, 0.1) is 0 Å². The Balaban J connectivity index is 1.80. The number of hydrogen-bond donors (Lipinski definition) is 1. The molecule has 0 saturated heterocycles. The third kappa shape index (κ3) is 4.47. The Hall–Kier alpha value is -2.19. The van der Waals surface area contributed by atoms with Gasteiger partial charge in [0.25, 0.3) is 0 Å². The molecule has 1 N–H and O–H groups in total. The fourth-order valence-electron chi connectivity index (χ4n) is 4.73. The SMILES string of the molecule is CC(C)c1cc(C(C)C)c(S(=O)(=O)Oc2cc3n(c(=O)n2)CC2(CC2)NC3C)c(C(C)C)c1. The zero-order valence-corrected chi connectivity index (χ0v) is 21.4. The van der Waals surface area contributed by atoms with Crippen molar-refractivity contribution >= 4 is 10.1 Å². The van der Waals surface area contributed by atoms with E-state index in [0.717, 1.165) is 29.5 Å². The number of nitrogens with zero attached hydrogens (tertiary/aromatic N) is 2. The van der Waals surface area contributed by atoms with E-state index < -0.39 is 15.8 Å². The first-order valence-corrected chi connectivity index (χ1v) is 13.3. The van der Waals surface area contributed by atoms with Crippen LogP contribution in [0.25, 0.3) is 0 Å². The van der Waals surface area contributed by atoms with Crippen molar-refractivity contribution in [2.24, 2.45) is 0 Å². The predicted octanol–water partition coefficient (Wildman–Crippen LogP) is 4.58. The summed E-state index contributed by atoms with van der Waals surface area (Å²) in [6.07, 6.45) is 2.05. The van der Waals surface area contributed by atoms with Crippen LogP contribution in [0.1, 0.15) is 107 Å². The minimum Gasteiger partial charge on any atom is -0.358 e. The summed E-state index contributed by atoms with van der Waals surface area (Å²) in [4.78, 5) is 17.0. The lowest BCUT2D eigenvalue weighted by atomic mass is 9.89. The van der Waals surface area contributed by atoms with Gasteiger partial charge in [0.2, 0.25) is 5.88 Å². The van der Waals surface area contributed by atoms with Gasteiger partial charge in [0.1, 0.15) is 4.90 Å². The molecule has 0 amide bonds. The molecule has 1 aromatic carbocycles. The van der Waals surface area contributed by atoms with Crippen LogP contribution in [0.5, 0.6) is 5.88 Å². The number of benzene rings is 1. The average Bonchev–Trinajstić information content (AvgIpc) is 3.45. The molecule has 180 valence electrons. The number of nitrogens with one attached hydrogen (secondary N) is 1. The van der Waals surface area contributed by atoms with Gasteiger partial charge in [-0.1, -0.05) is 53.7 Å². The summed E-state index contributed by atoms with van der Waals surface area (Å²) in [6.45, 7) is 14.6. The van der Waals surface area contributed by atoms with E-state index in [9.17, 15) is 13.2 Å². The van der Waals surface area contributed by atoms with Gasteiger partial charge < -0.3 is 9.50 Å². The van der Waals surface area contributed by atoms with E-state index in [2.05, 4.69) is 24.1 Å². The third-order valence-electron chi connectivity index (χ3n) is 6.82. The standard InChI is InChI=1S/C25H35N3O4S/c1-14(2)18-10-19(15(3)4)23(20(11-18)16(5)6)33(30,31)32-22-12-21-17(7)27-25(8-9-25)13-28(21)24(29)26-22/h10-12,14-17,27H,8-9,13H2,1-7H3. The summed E-state index contributed by atoms with van der Waals surface area (Å²) >= 11 is 0. The summed E-state index contributed by atoms with van der Waals surface area (Å²) in [6, 6.07) is 5.42. The first kappa shape index (κ1) is 24.0. The quantitative estimate of drug-likeness (QED) is 0.618. The molecule has 2 aromatic rings. The van der Waals surface area contributed by atoms with Crippen LogP contribution in [0.3, 0.4) is 0 Å². The minimum atomic E-state index is -4.21. The largest absolute Gasteiger partial charge is 0.358 e. The van der Waals surface area contributed by atoms with Crippen LogP contribution in [0.15, 0.2) is 27.9 Å². The molecule has 1 fully saturated rings. The first-order valence-electron chi connectivity index (χ1n) is 11.9. The van der Waals surface area contributed by atoms with Crippen molar-refractivity contribution in [2.75, 3.05) is 0 Å². The van der Waals surface area contributed by atoms with E-state index in [1.807, 2.05) is 46.8 Å². The maximum atomic E-state index is 13.6. The second-order valence-electron chi connectivity index (χ2n) is 10.6. The van der Waals surface area contributed by atoms with Gasteiger partial charge in [-0.15, -0.1) is 0 Å². The van der Waals surface area contributed by atoms with Gasteiger partial charge in [-0.3, -0.25) is 4.57 Å². The van der Waals surface area contributed by atoms with Gasteiger partial charge in [-0.05, 0) is 54.2 Å². The minimum absolute atomic E-state index is 0.0179. The molecule has 1 aromatic heterocycles. The summed E-state index contributed by atoms with van der Waals surface area (Å²) < 4.78 is 34.4. The molecular formula is C25H35N3O4S. The highest BCUT2D eigenvalue weighted by molar-refractivity contribution is 7.87. The molecule has 2 aliphatic rings. The second kappa shape index (κ2) is 8.24. The maximum Gasteiger partial charge on any atom is 0.351 e. The fourth-order valence-corrected chi connectivity index (χ4v) is 6.29. The molecule has 1 atom stereocenters. The Bertz CT molecular complexity index is 1210. The summed E-state index contributed by atoms with van der Waals surface area (Å²) in [5.41, 5.74) is 2.75. The van der Waals surface area contributed by atoms with Crippen molar-refractivity contribution in [3.05, 3.63) is 51.1 Å². The predicted molar refractivity (Wildman–Crippen MR) is 129 cm³/mol. The molecule has 7 nitrogen and oxygen atoms in total. The van der Waals surface area contributed by atoms with Gasteiger partial charge in [0, 0.05) is 29.9 Å². The van der Waals surface area contributed by atoms with E-state index in [1.54, 1.807) is 10.6 Å². The molecule has 0 radical (unpaired) electrons. The molecule has 1 spiro atoms. The Morgan fingerprint density at radius 2 is 1.61 bits per heavy atom. The Labute approximate surface area is 196 Å². The van der Waals surface area contributed by atoms with Crippen molar-refractivity contribution in [1.82, 2.24) is 14.9 Å². The summed E-state index contributed by atoms with van der Waals surface area (Å²) in [7, 11) is -4.21. The average molecular weight is 474 g/mol. The van der Waals surface area contributed by atoms with Gasteiger partial charge in [-0.25, -0.2) is 4.79 Å². The highest BCUT2D eigenvalue weighted by Gasteiger charge is 2.47. The van der Waals surface area contributed by atoms with Crippen LogP contribution in [0.4, 0.5) is 0 Å². The van der Waals surface area contributed by atoms with Crippen LogP contribution in [0.2, 0.25) is 0 Å². The lowest BCUT2D eigenvalue weighted by molar-refractivity contribution is 0.314. The van der Waals surface area contributed by atoms with Gasteiger partial charge in [0.05, 0.1) is 0 Å². The lowest BCUT2D eigenvalue weighted by Crippen LogP contribution is -2.47. The lowest BCUT2D eigenvalue weighted by Gasteiger charge is -2.32. The zero-order valence-electron chi connectivity index (χ0n) is 20.6. The van der Waals surface area contributed by atoms with Gasteiger partial charge >= 0.3 is 15.8 Å². The second-order valence-corrected chi connectivity index (χ2v) is 12.0. The topological polar surface area (TPSA) is 90.3 Å². The van der Waals surface area contributed by atoms with E-state index in [4.69, 9.17) is 4.18 Å². The Morgan fingerprint density at radius 3 is 2.09 bits per heavy atom. The number of rotatable bonds is 6. The summed E-state index contributed by atoms with van der Waals surface area (Å²) in [5, 5.41) is 3.54. The third-order valence-corrected chi connectivity index (χ3v) is 8.19. The molecule has 2 heterocycles. The molecule has 33 heavy (non-hydrogen) atoms. The maximum absolute atomic E-state index is 13.6. The Kier molecular flexibility index (Phi) is 5.98. The smallest absolute Gasteiger partial charge is 0.351 e. The molecular weight excluding hydrogens is 438 g/mol. The molecule has 1 unspecified atom stereocenters. The van der Waals surface area contributed by atoms with Crippen LogP contribution in [-0.2, 0) is 16.7 Å². The van der Waals surface area contributed by atoms with Crippen LogP contribution >= 0.6 is 0 Å². The summed E-state index contributed by atoms with van der Waals surface area (Å²) in [5.74, 6) is 0.0547. The van der Waals surface area contributed by atoms with E-state index in [-0.39, 0.29) is 40.1 Å². The van der Waals surface area contributed by atoms with Crippen molar-refractivity contribution < 1.29 is 12.6 Å². The van der Waals surface area contributed by atoms with Crippen molar-refractivity contribution in [3.63, 3.8) is 0 Å². The highest BCUT2D eigenvalue weighted by Crippen LogP contribution is 2.42. The fraction of sp³-hybridized carbons (Fsp3) is 0.600. The number of fused-ring (bicyclic) bond motifs is 1. The Morgan fingerprint density at radius 1 is 1.03 bits per heavy atom. The van der Waals surface area contributed by atoms with Gasteiger partial charge in [0.15, 0.2) is 0 Å². The molecule has 1 saturated carbocycles. The molecule has 4 rings (SSSR count). The van der Waals surface area contributed by atoms with Crippen LogP contribution < -0.4 is 15.2 Å². The van der Waals surface area contributed by atoms with Crippen LogP contribution in [-0.4, -0.2) is 23.5 Å². The van der Waals surface area contributed by atoms with Gasteiger partial charge in [-0.2, -0.15) is 13.4 Å². The highest BCUT2D eigenvalue weighted by atomic mass is 32.2. The number of hydrogen-bond acceptors (Lipinski definition) is 6. The van der Waals surface area contributed by atoms with E-state index in [1.165, 1.54) is 0 Å². The van der Waals surface area contributed by atoms with E-state index >= 15 is 0 Å². The van der Waals surface area contributed by atoms with Crippen molar-refractivity contribution in [1.29, 1.82) is 0 Å². The normalized spacial score (nSPS) is 19.4. The molecule has 8 heteroatoms. The molecule has 1 aliphatic carbocycles. The van der Waals surface area contributed by atoms with Crippen molar-refractivity contribution in [2.45, 2.75) is 102 Å². The number of aromatic nitrogens is 2. The monoisotopic (exact) mass is 473 g/mol. The van der Waals surface area contributed by atoms with Crippen molar-refractivity contribution in [3.8, 4) is 5.88 Å².